The van der Waals surface area contributed by atoms with Gasteiger partial charge < -0.3 is 10.6 Å². The van der Waals surface area contributed by atoms with Gasteiger partial charge in [0, 0.05) is 18.8 Å². The second-order valence-corrected chi connectivity index (χ2v) is 3.21. The molecule has 0 amide bonds. The van der Waals surface area contributed by atoms with E-state index < -0.39 is 0 Å². The lowest BCUT2D eigenvalue weighted by molar-refractivity contribution is 0.786. The van der Waals surface area contributed by atoms with E-state index in [4.69, 9.17) is 5.26 Å². The number of nitrogens with one attached hydrogen (secondary N) is 2. The molecule has 1 aliphatic rings. The number of nitrogens with zero attached hydrogens (tertiary/aromatic N) is 3. The van der Waals surface area contributed by atoms with E-state index in [1.165, 1.54) is 0 Å². The first-order valence-electron chi connectivity index (χ1n) is 4.59. The number of hydrogen-bond acceptors (Lipinski definition) is 5. The van der Waals surface area contributed by atoms with E-state index in [0.29, 0.717) is 6.04 Å². The Balaban J connectivity index is 2.05. The lowest BCUT2D eigenvalue weighted by atomic mass is 10.2. The van der Waals surface area contributed by atoms with Crippen molar-refractivity contribution in [3.63, 3.8) is 0 Å². The van der Waals surface area contributed by atoms with Crippen LogP contribution in [-0.2, 0) is 0 Å². The van der Waals surface area contributed by atoms with Gasteiger partial charge in [-0.3, -0.25) is 0 Å². The molecule has 0 aliphatic carbocycles. The summed E-state index contributed by atoms with van der Waals surface area (Å²) in [6, 6.07) is 4.10. The second-order valence-electron chi connectivity index (χ2n) is 3.21. The molecule has 1 atom stereocenters. The minimum atomic E-state index is 0.209. The fourth-order valence-corrected chi connectivity index (χ4v) is 1.48. The molecule has 5 nitrogen and oxygen atoms in total. The fraction of sp³-hybridized carbons (Fsp3) is 0.444. The van der Waals surface area contributed by atoms with E-state index in [2.05, 4.69) is 20.6 Å². The van der Waals surface area contributed by atoms with Gasteiger partial charge in [0.05, 0.1) is 0 Å². The molecular weight excluding hydrogens is 178 g/mol. The predicted molar refractivity (Wildman–Crippen MR) is 51.6 cm³/mol. The lowest BCUT2D eigenvalue weighted by Gasteiger charge is -2.10. The average molecular weight is 189 g/mol. The van der Waals surface area contributed by atoms with Crippen LogP contribution in [-0.4, -0.2) is 29.1 Å². The highest BCUT2D eigenvalue weighted by molar-refractivity contribution is 5.36. The number of anilines is 1. The first-order valence-corrected chi connectivity index (χ1v) is 4.59. The van der Waals surface area contributed by atoms with Crippen molar-refractivity contribution in [2.24, 2.45) is 0 Å². The first-order chi connectivity index (χ1) is 6.88. The summed E-state index contributed by atoms with van der Waals surface area (Å²) < 4.78 is 0. The van der Waals surface area contributed by atoms with Crippen LogP contribution in [0.5, 0.6) is 0 Å². The van der Waals surface area contributed by atoms with Crippen molar-refractivity contribution in [3.05, 3.63) is 18.1 Å². The van der Waals surface area contributed by atoms with Crippen LogP contribution < -0.4 is 10.6 Å². The van der Waals surface area contributed by atoms with Gasteiger partial charge in [-0.25, -0.2) is 9.97 Å². The van der Waals surface area contributed by atoms with Crippen LogP contribution in [0.1, 0.15) is 12.2 Å². The highest BCUT2D eigenvalue weighted by Gasteiger charge is 2.14. The topological polar surface area (TPSA) is 73.6 Å². The van der Waals surface area contributed by atoms with Gasteiger partial charge in [0.25, 0.3) is 0 Å². The molecule has 0 bridgehead atoms. The predicted octanol–water partition coefficient (Wildman–Crippen LogP) is 0.122. The SMILES string of the molecule is N#Cc1nccc(NC2CCNC2)n1. The molecule has 2 rings (SSSR count). The molecule has 0 spiro atoms. The first kappa shape index (κ1) is 8.91. The maximum absolute atomic E-state index is 8.61. The zero-order valence-electron chi connectivity index (χ0n) is 7.70. The van der Waals surface area contributed by atoms with Crippen LogP contribution in [0, 0.1) is 11.3 Å². The number of rotatable bonds is 2. The molecule has 1 aromatic rings. The zero-order chi connectivity index (χ0) is 9.80. The lowest BCUT2D eigenvalue weighted by Crippen LogP contribution is -2.22. The minimum Gasteiger partial charge on any atom is -0.366 e. The van der Waals surface area contributed by atoms with E-state index in [0.717, 1.165) is 25.3 Å². The Morgan fingerprint density at radius 1 is 1.64 bits per heavy atom. The number of hydrogen-bond donors (Lipinski definition) is 2. The zero-order valence-corrected chi connectivity index (χ0v) is 7.70. The molecule has 5 heteroatoms. The van der Waals surface area contributed by atoms with Gasteiger partial charge in [0.1, 0.15) is 11.9 Å². The molecular formula is C9H11N5. The van der Waals surface area contributed by atoms with Crippen LogP contribution in [0.25, 0.3) is 0 Å². The molecule has 14 heavy (non-hydrogen) atoms. The maximum atomic E-state index is 8.61. The third-order valence-corrected chi connectivity index (χ3v) is 2.17. The van der Waals surface area contributed by atoms with E-state index in [-0.39, 0.29) is 5.82 Å². The summed E-state index contributed by atoms with van der Waals surface area (Å²) in [5, 5.41) is 15.1. The molecule has 1 saturated heterocycles. The van der Waals surface area contributed by atoms with Gasteiger partial charge in [0.15, 0.2) is 0 Å². The highest BCUT2D eigenvalue weighted by atomic mass is 15.1. The molecule has 0 saturated carbocycles. The van der Waals surface area contributed by atoms with Crippen LogP contribution >= 0.6 is 0 Å². The van der Waals surface area contributed by atoms with E-state index in [1.54, 1.807) is 12.3 Å². The van der Waals surface area contributed by atoms with Crippen molar-refractivity contribution in [2.45, 2.75) is 12.5 Å². The second kappa shape index (κ2) is 4.03. The molecule has 0 radical (unpaired) electrons. The van der Waals surface area contributed by atoms with E-state index in [9.17, 15) is 0 Å². The van der Waals surface area contributed by atoms with Gasteiger partial charge in [-0.15, -0.1) is 0 Å². The molecule has 72 valence electrons. The molecule has 2 heterocycles. The average Bonchev–Trinajstić information content (AvgIpc) is 2.71. The summed E-state index contributed by atoms with van der Waals surface area (Å²) in [7, 11) is 0. The molecule has 1 aliphatic heterocycles. The third-order valence-electron chi connectivity index (χ3n) is 2.17. The van der Waals surface area contributed by atoms with Gasteiger partial charge in [-0.1, -0.05) is 0 Å². The van der Waals surface area contributed by atoms with Crippen molar-refractivity contribution in [2.75, 3.05) is 18.4 Å². The van der Waals surface area contributed by atoms with Crippen LogP contribution in [0.2, 0.25) is 0 Å². The summed E-state index contributed by atoms with van der Waals surface area (Å²) in [6.07, 6.45) is 2.68. The van der Waals surface area contributed by atoms with Gasteiger partial charge in [-0.05, 0) is 19.0 Å². The quantitative estimate of drug-likeness (QED) is 0.691. The van der Waals surface area contributed by atoms with Crippen LogP contribution in [0.3, 0.4) is 0 Å². The summed E-state index contributed by atoms with van der Waals surface area (Å²) >= 11 is 0. The normalized spacial score (nSPS) is 20.4. The smallest absolute Gasteiger partial charge is 0.234 e. The van der Waals surface area contributed by atoms with Crippen molar-refractivity contribution in [1.82, 2.24) is 15.3 Å². The number of nitriles is 1. The Morgan fingerprint density at radius 3 is 3.29 bits per heavy atom. The van der Waals surface area contributed by atoms with E-state index >= 15 is 0 Å². The third kappa shape index (κ3) is 1.98. The Hall–Kier alpha value is -1.67. The Bertz CT molecular complexity index is 350. The van der Waals surface area contributed by atoms with Crippen LogP contribution in [0.4, 0.5) is 5.82 Å². The molecule has 0 aromatic carbocycles. The summed E-state index contributed by atoms with van der Waals surface area (Å²) in [4.78, 5) is 7.85. The van der Waals surface area contributed by atoms with Crippen molar-refractivity contribution < 1.29 is 0 Å². The van der Waals surface area contributed by atoms with Crippen molar-refractivity contribution >= 4 is 5.82 Å². The minimum absolute atomic E-state index is 0.209. The number of aromatic nitrogens is 2. The Kier molecular flexibility index (Phi) is 2.56. The van der Waals surface area contributed by atoms with Crippen molar-refractivity contribution in [3.8, 4) is 6.07 Å². The molecule has 1 unspecified atom stereocenters. The van der Waals surface area contributed by atoms with Gasteiger partial charge >= 0.3 is 0 Å². The fourth-order valence-electron chi connectivity index (χ4n) is 1.48. The standard InChI is InChI=1S/C9H11N5/c10-5-9-12-4-2-8(14-9)13-7-1-3-11-6-7/h2,4,7,11H,1,3,6H2,(H,12,13,14). The van der Waals surface area contributed by atoms with Crippen LogP contribution in [0.15, 0.2) is 12.3 Å². The molecule has 1 aromatic heterocycles. The highest BCUT2D eigenvalue weighted by Crippen LogP contribution is 2.07. The largest absolute Gasteiger partial charge is 0.366 e. The van der Waals surface area contributed by atoms with Gasteiger partial charge in [-0.2, -0.15) is 5.26 Å². The Labute approximate surface area is 82.2 Å². The maximum Gasteiger partial charge on any atom is 0.234 e. The van der Waals surface area contributed by atoms with E-state index in [1.807, 2.05) is 6.07 Å². The van der Waals surface area contributed by atoms with Crippen molar-refractivity contribution in [1.29, 1.82) is 5.26 Å². The van der Waals surface area contributed by atoms with Gasteiger partial charge in [0.2, 0.25) is 5.82 Å². The summed E-state index contributed by atoms with van der Waals surface area (Å²) in [5.41, 5.74) is 0. The molecule has 2 N–H and O–H groups in total. The summed E-state index contributed by atoms with van der Waals surface area (Å²) in [6.45, 7) is 1.99. The Morgan fingerprint density at radius 2 is 2.57 bits per heavy atom. The monoisotopic (exact) mass is 189 g/mol. The summed E-state index contributed by atoms with van der Waals surface area (Å²) in [5.74, 6) is 0.936. The molecule has 1 fully saturated rings.